The lowest BCUT2D eigenvalue weighted by atomic mass is 9.96. The molecule has 1 amide bonds. The van der Waals surface area contributed by atoms with E-state index in [1.165, 1.54) is 0 Å². The van der Waals surface area contributed by atoms with Crippen LogP contribution in [-0.2, 0) is 4.79 Å². The lowest BCUT2D eigenvalue weighted by molar-refractivity contribution is -0.122. The van der Waals surface area contributed by atoms with Gasteiger partial charge >= 0.3 is 0 Å². The molecule has 1 aromatic rings. The highest BCUT2D eigenvalue weighted by Gasteiger charge is 2.25. The Morgan fingerprint density at radius 1 is 1.42 bits per heavy atom. The van der Waals surface area contributed by atoms with Gasteiger partial charge in [-0.05, 0) is 31.0 Å². The number of rotatable bonds is 3. The molecule has 1 aliphatic rings. The molecule has 0 aliphatic carbocycles. The van der Waals surface area contributed by atoms with Gasteiger partial charge in [-0.3, -0.25) is 4.79 Å². The van der Waals surface area contributed by atoms with E-state index < -0.39 is 0 Å². The smallest absolute Gasteiger partial charge is 0.222 e. The maximum absolute atomic E-state index is 11.3. The SMILES string of the molecule is NC(=O)C1CCCN(c2cc(Cl)ccc2C(N)=S)C1. The monoisotopic (exact) mass is 297 g/mol. The van der Waals surface area contributed by atoms with E-state index in [2.05, 4.69) is 4.90 Å². The second-order valence-corrected chi connectivity index (χ2v) is 5.59. The van der Waals surface area contributed by atoms with Gasteiger partial charge in [0.2, 0.25) is 5.91 Å². The van der Waals surface area contributed by atoms with Crippen LogP contribution < -0.4 is 16.4 Å². The van der Waals surface area contributed by atoms with Crippen LogP contribution in [-0.4, -0.2) is 24.0 Å². The highest BCUT2D eigenvalue weighted by molar-refractivity contribution is 7.80. The summed E-state index contributed by atoms with van der Waals surface area (Å²) in [6.07, 6.45) is 1.74. The Labute approximate surface area is 122 Å². The Morgan fingerprint density at radius 2 is 2.16 bits per heavy atom. The number of carbonyl (C=O) groups is 1. The first kappa shape index (κ1) is 14.1. The quantitative estimate of drug-likeness (QED) is 0.833. The molecule has 0 spiro atoms. The highest BCUT2D eigenvalue weighted by atomic mass is 35.5. The van der Waals surface area contributed by atoms with E-state index in [1.807, 2.05) is 12.1 Å². The van der Waals surface area contributed by atoms with Crippen molar-refractivity contribution in [2.45, 2.75) is 12.8 Å². The van der Waals surface area contributed by atoms with Crippen LogP contribution in [0.2, 0.25) is 5.02 Å². The second kappa shape index (κ2) is 5.75. The van der Waals surface area contributed by atoms with Gasteiger partial charge in [-0.2, -0.15) is 0 Å². The first-order valence-corrected chi connectivity index (χ1v) is 6.91. The summed E-state index contributed by atoms with van der Waals surface area (Å²) >= 11 is 11.1. The van der Waals surface area contributed by atoms with E-state index in [1.54, 1.807) is 6.07 Å². The number of hydrogen-bond acceptors (Lipinski definition) is 3. The third-order valence-corrected chi connectivity index (χ3v) is 3.84. The molecule has 1 aromatic carbocycles. The van der Waals surface area contributed by atoms with Crippen LogP contribution >= 0.6 is 23.8 Å². The van der Waals surface area contributed by atoms with E-state index in [9.17, 15) is 4.79 Å². The second-order valence-electron chi connectivity index (χ2n) is 4.71. The molecule has 1 aliphatic heterocycles. The van der Waals surface area contributed by atoms with Gasteiger partial charge in [-0.1, -0.05) is 23.8 Å². The number of nitrogens with zero attached hydrogens (tertiary/aromatic N) is 1. The average Bonchev–Trinajstić information content (AvgIpc) is 2.38. The Morgan fingerprint density at radius 3 is 2.79 bits per heavy atom. The van der Waals surface area contributed by atoms with Gasteiger partial charge in [0, 0.05) is 29.4 Å². The van der Waals surface area contributed by atoms with Gasteiger partial charge in [0.05, 0.1) is 5.92 Å². The molecule has 1 atom stereocenters. The van der Waals surface area contributed by atoms with E-state index in [0.717, 1.165) is 30.6 Å². The minimum Gasteiger partial charge on any atom is -0.389 e. The van der Waals surface area contributed by atoms with Crippen LogP contribution in [0.5, 0.6) is 0 Å². The molecule has 1 saturated heterocycles. The topological polar surface area (TPSA) is 72.4 Å². The van der Waals surface area contributed by atoms with Crippen molar-refractivity contribution in [3.8, 4) is 0 Å². The van der Waals surface area contributed by atoms with Crippen LogP contribution in [0.3, 0.4) is 0 Å². The summed E-state index contributed by atoms with van der Waals surface area (Å²) in [5.74, 6) is -0.393. The number of anilines is 1. The molecule has 102 valence electrons. The molecule has 1 unspecified atom stereocenters. The minimum absolute atomic E-state index is 0.132. The van der Waals surface area contributed by atoms with Crippen LogP contribution in [0.4, 0.5) is 5.69 Å². The Hall–Kier alpha value is -1.33. The van der Waals surface area contributed by atoms with Crippen LogP contribution in [0.1, 0.15) is 18.4 Å². The number of nitrogens with two attached hydrogens (primary N) is 2. The fourth-order valence-corrected chi connectivity index (χ4v) is 2.74. The number of piperidine rings is 1. The number of primary amides is 1. The summed E-state index contributed by atoms with van der Waals surface area (Å²) in [5, 5.41) is 0.621. The summed E-state index contributed by atoms with van der Waals surface area (Å²) in [7, 11) is 0. The fourth-order valence-electron chi connectivity index (χ4n) is 2.40. The minimum atomic E-state index is -0.261. The van der Waals surface area contributed by atoms with Crippen molar-refractivity contribution < 1.29 is 4.79 Å². The normalized spacial score (nSPS) is 19.2. The van der Waals surface area contributed by atoms with Crippen molar-refractivity contribution in [1.29, 1.82) is 0 Å². The van der Waals surface area contributed by atoms with Gasteiger partial charge in [0.25, 0.3) is 0 Å². The molecule has 4 nitrogen and oxygen atoms in total. The van der Waals surface area contributed by atoms with Crippen molar-refractivity contribution in [3.63, 3.8) is 0 Å². The van der Waals surface area contributed by atoms with E-state index in [4.69, 9.17) is 35.3 Å². The molecule has 0 aromatic heterocycles. The van der Waals surface area contributed by atoms with Crippen molar-refractivity contribution >= 4 is 40.4 Å². The number of benzene rings is 1. The van der Waals surface area contributed by atoms with Crippen molar-refractivity contribution in [2.24, 2.45) is 17.4 Å². The summed E-state index contributed by atoms with van der Waals surface area (Å²) < 4.78 is 0. The molecular weight excluding hydrogens is 282 g/mol. The molecular formula is C13H16ClN3OS. The highest BCUT2D eigenvalue weighted by Crippen LogP contribution is 2.29. The Balaban J connectivity index is 2.32. The summed E-state index contributed by atoms with van der Waals surface area (Å²) in [6, 6.07) is 5.41. The molecule has 6 heteroatoms. The van der Waals surface area contributed by atoms with E-state index in [0.29, 0.717) is 16.6 Å². The first-order chi connectivity index (χ1) is 8.99. The van der Waals surface area contributed by atoms with Gasteiger partial charge in [0.1, 0.15) is 4.99 Å². The van der Waals surface area contributed by atoms with E-state index in [-0.39, 0.29) is 11.8 Å². The number of thiocarbonyl (C=S) groups is 1. The van der Waals surface area contributed by atoms with Gasteiger partial charge in [-0.25, -0.2) is 0 Å². The third-order valence-electron chi connectivity index (χ3n) is 3.39. The zero-order chi connectivity index (χ0) is 14.0. The summed E-state index contributed by atoms with van der Waals surface area (Å²) in [5.41, 5.74) is 12.8. The van der Waals surface area contributed by atoms with Crippen LogP contribution in [0.15, 0.2) is 18.2 Å². The summed E-state index contributed by atoms with van der Waals surface area (Å²) in [6.45, 7) is 1.44. The van der Waals surface area contributed by atoms with Crippen molar-refractivity contribution in [1.82, 2.24) is 0 Å². The zero-order valence-electron chi connectivity index (χ0n) is 10.4. The molecule has 2 rings (SSSR count). The average molecular weight is 298 g/mol. The lowest BCUT2D eigenvalue weighted by Crippen LogP contribution is -2.41. The van der Waals surface area contributed by atoms with Crippen LogP contribution in [0.25, 0.3) is 0 Å². The Bertz CT molecular complexity index is 521. The maximum atomic E-state index is 11.3. The number of hydrogen-bond donors (Lipinski definition) is 2. The molecule has 0 bridgehead atoms. The zero-order valence-corrected chi connectivity index (χ0v) is 12.0. The van der Waals surface area contributed by atoms with E-state index >= 15 is 0 Å². The number of carbonyl (C=O) groups excluding carboxylic acids is 1. The molecule has 1 fully saturated rings. The fraction of sp³-hybridized carbons (Fsp3) is 0.385. The first-order valence-electron chi connectivity index (χ1n) is 6.12. The molecule has 1 heterocycles. The molecule has 0 saturated carbocycles. The van der Waals surface area contributed by atoms with Crippen LogP contribution in [0, 0.1) is 5.92 Å². The molecule has 4 N–H and O–H groups in total. The lowest BCUT2D eigenvalue weighted by Gasteiger charge is -2.34. The Kier molecular flexibility index (Phi) is 4.27. The van der Waals surface area contributed by atoms with Gasteiger partial charge < -0.3 is 16.4 Å². The number of amides is 1. The predicted octanol–water partition coefficient (Wildman–Crippen LogP) is 1.68. The maximum Gasteiger partial charge on any atom is 0.222 e. The summed E-state index contributed by atoms with van der Waals surface area (Å²) in [4.78, 5) is 13.7. The van der Waals surface area contributed by atoms with Gasteiger partial charge in [0.15, 0.2) is 0 Å². The predicted molar refractivity (Wildman–Crippen MR) is 81.5 cm³/mol. The van der Waals surface area contributed by atoms with Gasteiger partial charge in [-0.15, -0.1) is 0 Å². The third kappa shape index (κ3) is 3.16. The molecule has 0 radical (unpaired) electrons. The number of halogens is 1. The van der Waals surface area contributed by atoms with Crippen molar-refractivity contribution in [3.05, 3.63) is 28.8 Å². The van der Waals surface area contributed by atoms with Crippen molar-refractivity contribution in [2.75, 3.05) is 18.0 Å². The largest absolute Gasteiger partial charge is 0.389 e. The standard InChI is InChI=1S/C13H16ClN3OS/c14-9-3-4-10(13(16)19)11(6-9)17-5-1-2-8(7-17)12(15)18/h3-4,6,8H,1-2,5,7H2,(H2,15,18)(H2,16,19). The molecule has 19 heavy (non-hydrogen) atoms.